The number of ether oxygens (including phenoxy) is 1. The predicted molar refractivity (Wildman–Crippen MR) is 58.0 cm³/mol. The second kappa shape index (κ2) is 6.39. The van der Waals surface area contributed by atoms with Crippen molar-refractivity contribution in [3.05, 3.63) is 0 Å². The Morgan fingerprint density at radius 3 is 2.31 bits per heavy atom. The molecule has 2 nitrogen and oxygen atoms in total. The lowest BCUT2D eigenvalue weighted by atomic mass is 10.1. The molecule has 0 aliphatic heterocycles. The molecule has 0 spiro atoms. The van der Waals surface area contributed by atoms with Crippen LogP contribution in [0.4, 0.5) is 0 Å². The van der Waals surface area contributed by atoms with Crippen LogP contribution < -0.4 is 5.32 Å². The molecule has 0 aliphatic carbocycles. The summed E-state index contributed by atoms with van der Waals surface area (Å²) in [7, 11) is 1.77. The van der Waals surface area contributed by atoms with Crippen LogP contribution in [-0.2, 0) is 4.74 Å². The highest BCUT2D eigenvalue weighted by molar-refractivity contribution is 4.68. The van der Waals surface area contributed by atoms with E-state index in [4.69, 9.17) is 4.74 Å². The molecule has 0 fully saturated rings. The average Bonchev–Trinajstić information content (AvgIpc) is 2.03. The van der Waals surface area contributed by atoms with Crippen molar-refractivity contribution in [2.45, 2.75) is 46.1 Å². The topological polar surface area (TPSA) is 21.3 Å². The van der Waals surface area contributed by atoms with E-state index in [-0.39, 0.29) is 5.60 Å². The molecule has 0 saturated carbocycles. The maximum atomic E-state index is 5.33. The highest BCUT2D eigenvalue weighted by atomic mass is 16.5. The fourth-order valence-electron chi connectivity index (χ4n) is 1.01. The molecular formula is C11H25NO. The third kappa shape index (κ3) is 8.26. The summed E-state index contributed by atoms with van der Waals surface area (Å²) >= 11 is 0. The standard InChI is InChI=1S/C11H25NO/c1-10(2)6-8-12-9-7-11(3,4)13-5/h10,12H,6-9H2,1-5H3. The average molecular weight is 187 g/mol. The number of nitrogens with one attached hydrogen (secondary N) is 1. The molecule has 13 heavy (non-hydrogen) atoms. The molecule has 0 aromatic rings. The SMILES string of the molecule is COC(C)(C)CCNCCC(C)C. The van der Waals surface area contributed by atoms with Gasteiger partial charge in [0.15, 0.2) is 0 Å². The minimum Gasteiger partial charge on any atom is -0.379 e. The van der Waals surface area contributed by atoms with E-state index in [2.05, 4.69) is 33.0 Å². The largest absolute Gasteiger partial charge is 0.379 e. The lowest BCUT2D eigenvalue weighted by molar-refractivity contribution is 0.0159. The van der Waals surface area contributed by atoms with Crippen LogP contribution in [0.25, 0.3) is 0 Å². The minimum absolute atomic E-state index is 0.0187. The van der Waals surface area contributed by atoms with Gasteiger partial charge in [0.2, 0.25) is 0 Å². The van der Waals surface area contributed by atoms with E-state index in [1.165, 1.54) is 6.42 Å². The van der Waals surface area contributed by atoms with Gasteiger partial charge in [0.05, 0.1) is 5.60 Å². The molecule has 2 heteroatoms. The molecule has 0 amide bonds. The van der Waals surface area contributed by atoms with E-state index in [0.717, 1.165) is 25.4 Å². The van der Waals surface area contributed by atoms with Crippen LogP contribution in [0.2, 0.25) is 0 Å². The van der Waals surface area contributed by atoms with Gasteiger partial charge in [-0.1, -0.05) is 13.8 Å². The first-order valence-electron chi connectivity index (χ1n) is 5.24. The Kier molecular flexibility index (Phi) is 6.35. The van der Waals surface area contributed by atoms with Crippen molar-refractivity contribution < 1.29 is 4.74 Å². The van der Waals surface area contributed by atoms with Gasteiger partial charge in [-0.3, -0.25) is 0 Å². The number of methoxy groups -OCH3 is 1. The third-order valence-electron chi connectivity index (χ3n) is 2.35. The van der Waals surface area contributed by atoms with Gasteiger partial charge in [-0.15, -0.1) is 0 Å². The van der Waals surface area contributed by atoms with Crippen LogP contribution in [0.5, 0.6) is 0 Å². The molecule has 0 bridgehead atoms. The number of hydrogen-bond donors (Lipinski definition) is 1. The van der Waals surface area contributed by atoms with Crippen molar-refractivity contribution in [2.75, 3.05) is 20.2 Å². The van der Waals surface area contributed by atoms with E-state index >= 15 is 0 Å². The van der Waals surface area contributed by atoms with E-state index in [0.29, 0.717) is 0 Å². The Morgan fingerprint density at radius 2 is 1.85 bits per heavy atom. The summed E-state index contributed by atoms with van der Waals surface area (Å²) < 4.78 is 5.33. The summed E-state index contributed by atoms with van der Waals surface area (Å²) in [6.07, 6.45) is 2.33. The second-order valence-corrected chi connectivity index (χ2v) is 4.65. The fraction of sp³-hybridized carbons (Fsp3) is 1.00. The Balaban J connectivity index is 3.26. The van der Waals surface area contributed by atoms with Crippen LogP contribution in [0.15, 0.2) is 0 Å². The van der Waals surface area contributed by atoms with E-state index in [1.807, 2.05) is 0 Å². The van der Waals surface area contributed by atoms with Crippen LogP contribution in [0.1, 0.15) is 40.5 Å². The molecule has 0 aliphatic rings. The predicted octanol–water partition coefficient (Wildman–Crippen LogP) is 2.44. The maximum absolute atomic E-state index is 5.33. The molecule has 0 unspecified atom stereocenters. The molecule has 0 aromatic carbocycles. The summed E-state index contributed by atoms with van der Waals surface area (Å²) in [5.41, 5.74) is 0.0187. The van der Waals surface area contributed by atoms with Gasteiger partial charge < -0.3 is 10.1 Å². The normalized spacial score (nSPS) is 12.5. The zero-order valence-electron chi connectivity index (χ0n) is 9.81. The van der Waals surface area contributed by atoms with Crippen molar-refractivity contribution in [3.8, 4) is 0 Å². The smallest absolute Gasteiger partial charge is 0.0634 e. The van der Waals surface area contributed by atoms with Crippen molar-refractivity contribution in [3.63, 3.8) is 0 Å². The highest BCUT2D eigenvalue weighted by Gasteiger charge is 2.14. The summed E-state index contributed by atoms with van der Waals surface area (Å²) in [4.78, 5) is 0. The molecule has 0 saturated heterocycles. The van der Waals surface area contributed by atoms with E-state index in [1.54, 1.807) is 7.11 Å². The lowest BCUT2D eigenvalue weighted by Crippen LogP contribution is -2.29. The van der Waals surface area contributed by atoms with Crippen LogP contribution >= 0.6 is 0 Å². The number of hydrogen-bond acceptors (Lipinski definition) is 2. The van der Waals surface area contributed by atoms with E-state index in [9.17, 15) is 0 Å². The van der Waals surface area contributed by atoms with Crippen molar-refractivity contribution in [1.29, 1.82) is 0 Å². The van der Waals surface area contributed by atoms with Gasteiger partial charge >= 0.3 is 0 Å². The molecule has 0 radical (unpaired) electrons. The van der Waals surface area contributed by atoms with Crippen LogP contribution in [-0.4, -0.2) is 25.8 Å². The Bertz CT molecular complexity index is 121. The molecule has 1 N–H and O–H groups in total. The quantitative estimate of drug-likeness (QED) is 0.618. The number of rotatable bonds is 7. The first-order valence-corrected chi connectivity index (χ1v) is 5.24. The van der Waals surface area contributed by atoms with Gasteiger partial charge in [0, 0.05) is 7.11 Å². The van der Waals surface area contributed by atoms with Crippen molar-refractivity contribution >= 4 is 0 Å². The highest BCUT2D eigenvalue weighted by Crippen LogP contribution is 2.11. The lowest BCUT2D eigenvalue weighted by Gasteiger charge is -2.22. The minimum atomic E-state index is 0.0187. The molecular weight excluding hydrogens is 162 g/mol. The summed E-state index contributed by atoms with van der Waals surface area (Å²) in [6, 6.07) is 0. The summed E-state index contributed by atoms with van der Waals surface area (Å²) in [6.45, 7) is 10.9. The van der Waals surface area contributed by atoms with Gasteiger partial charge in [-0.2, -0.15) is 0 Å². The van der Waals surface area contributed by atoms with Gasteiger partial charge in [0.25, 0.3) is 0 Å². The van der Waals surface area contributed by atoms with Crippen LogP contribution in [0.3, 0.4) is 0 Å². The van der Waals surface area contributed by atoms with E-state index < -0.39 is 0 Å². The monoisotopic (exact) mass is 187 g/mol. The second-order valence-electron chi connectivity index (χ2n) is 4.65. The van der Waals surface area contributed by atoms with Crippen molar-refractivity contribution in [2.24, 2.45) is 5.92 Å². The zero-order chi connectivity index (χ0) is 10.3. The van der Waals surface area contributed by atoms with Crippen LogP contribution in [0, 0.1) is 5.92 Å². The zero-order valence-corrected chi connectivity index (χ0v) is 9.81. The van der Waals surface area contributed by atoms with Crippen molar-refractivity contribution in [1.82, 2.24) is 5.32 Å². The first kappa shape index (κ1) is 12.9. The molecule has 80 valence electrons. The third-order valence-corrected chi connectivity index (χ3v) is 2.35. The molecule has 0 heterocycles. The molecule has 0 atom stereocenters. The fourth-order valence-corrected chi connectivity index (χ4v) is 1.01. The molecule has 0 aromatic heterocycles. The Morgan fingerprint density at radius 1 is 1.23 bits per heavy atom. The summed E-state index contributed by atoms with van der Waals surface area (Å²) in [5, 5.41) is 3.43. The summed E-state index contributed by atoms with van der Waals surface area (Å²) in [5.74, 6) is 0.794. The molecule has 0 rings (SSSR count). The maximum Gasteiger partial charge on any atom is 0.0634 e. The Labute approximate surface area is 83.1 Å². The van der Waals surface area contributed by atoms with Gasteiger partial charge in [-0.25, -0.2) is 0 Å². The Hall–Kier alpha value is -0.0800. The van der Waals surface area contributed by atoms with Gasteiger partial charge in [0.1, 0.15) is 0 Å². The van der Waals surface area contributed by atoms with Gasteiger partial charge in [-0.05, 0) is 45.7 Å². The first-order chi connectivity index (χ1) is 5.98.